The average molecular weight is 342 g/mol. The summed E-state index contributed by atoms with van der Waals surface area (Å²) in [6.07, 6.45) is 1.08. The summed E-state index contributed by atoms with van der Waals surface area (Å²) in [5.41, 5.74) is 11.7. The maximum Gasteiger partial charge on any atom is 0.223 e. The lowest BCUT2D eigenvalue weighted by molar-refractivity contribution is 0.522. The van der Waals surface area contributed by atoms with Gasteiger partial charge in [-0.05, 0) is 18.6 Å². The third kappa shape index (κ3) is 2.17. The molecule has 2 aromatic heterocycles. The van der Waals surface area contributed by atoms with E-state index in [0.717, 1.165) is 33.5 Å². The molecule has 0 aliphatic carbocycles. The molecule has 8 heteroatoms. The van der Waals surface area contributed by atoms with Crippen molar-refractivity contribution >= 4 is 45.1 Å². The molecule has 1 unspecified atom stereocenters. The summed E-state index contributed by atoms with van der Waals surface area (Å²) in [7, 11) is 0. The number of benzene rings is 1. The lowest BCUT2D eigenvalue weighted by Crippen LogP contribution is -2.34. The van der Waals surface area contributed by atoms with Crippen LogP contribution in [-0.4, -0.2) is 20.7 Å². The fourth-order valence-corrected chi connectivity index (χ4v) is 5.16. The molecule has 0 fully saturated rings. The van der Waals surface area contributed by atoms with E-state index in [9.17, 15) is 0 Å². The van der Waals surface area contributed by atoms with E-state index in [1.54, 1.807) is 23.1 Å². The standard InChI is InChI=1S/C15H14N6S2/c16-15-18-13-12-9(5-6-22-14(12)19-15)20-21(13)7-11-17-8-3-1-2-4-10(8)23-11/h1-4,9,20H,5-7H2,(H2,16,18,19). The number of anilines is 2. The summed E-state index contributed by atoms with van der Waals surface area (Å²) >= 11 is 3.48. The summed E-state index contributed by atoms with van der Waals surface area (Å²) in [6, 6.07) is 8.51. The molecule has 0 radical (unpaired) electrons. The van der Waals surface area contributed by atoms with Gasteiger partial charge >= 0.3 is 0 Å². The number of thiazole rings is 1. The molecule has 4 heterocycles. The normalized spacial score (nSPS) is 19.3. The molecule has 2 aliphatic rings. The Labute approximate surface area is 141 Å². The zero-order chi connectivity index (χ0) is 15.4. The van der Waals surface area contributed by atoms with Crippen molar-refractivity contribution in [3.05, 3.63) is 34.8 Å². The number of nitrogen functional groups attached to an aromatic ring is 1. The van der Waals surface area contributed by atoms with Crippen molar-refractivity contribution in [2.45, 2.75) is 24.0 Å². The molecule has 23 heavy (non-hydrogen) atoms. The van der Waals surface area contributed by atoms with Crippen molar-refractivity contribution in [3.8, 4) is 0 Å². The van der Waals surface area contributed by atoms with Gasteiger partial charge < -0.3 is 5.73 Å². The van der Waals surface area contributed by atoms with Crippen LogP contribution in [0, 0.1) is 0 Å². The number of nitrogens with one attached hydrogen (secondary N) is 1. The third-order valence-electron chi connectivity index (χ3n) is 4.10. The van der Waals surface area contributed by atoms with Crippen LogP contribution in [0.25, 0.3) is 10.2 Å². The first kappa shape index (κ1) is 13.5. The van der Waals surface area contributed by atoms with Gasteiger partial charge in [0, 0.05) is 11.3 Å². The van der Waals surface area contributed by atoms with Crippen LogP contribution in [0.2, 0.25) is 0 Å². The summed E-state index contributed by atoms with van der Waals surface area (Å²) in [6.45, 7) is 0.684. The molecule has 0 saturated carbocycles. The predicted molar refractivity (Wildman–Crippen MR) is 93.5 cm³/mol. The maximum atomic E-state index is 5.89. The van der Waals surface area contributed by atoms with Crippen LogP contribution in [0.15, 0.2) is 29.3 Å². The second kappa shape index (κ2) is 5.05. The van der Waals surface area contributed by atoms with Gasteiger partial charge in [-0.1, -0.05) is 12.1 Å². The first-order valence-electron chi connectivity index (χ1n) is 7.46. The predicted octanol–water partition coefficient (Wildman–Crippen LogP) is 2.73. The molecule has 116 valence electrons. The SMILES string of the molecule is Nc1nc2c3c(n1)N(Cc1nc4ccccc4s1)NC3CCS2. The Hall–Kier alpha value is -1.90. The van der Waals surface area contributed by atoms with Gasteiger partial charge in [-0.25, -0.2) is 15.4 Å². The Bertz CT molecular complexity index is 875. The molecule has 2 aliphatic heterocycles. The number of aromatic nitrogens is 3. The fraction of sp³-hybridized carbons (Fsp3) is 0.267. The zero-order valence-corrected chi connectivity index (χ0v) is 13.8. The lowest BCUT2D eigenvalue weighted by Gasteiger charge is -2.19. The summed E-state index contributed by atoms with van der Waals surface area (Å²) < 4.78 is 1.21. The van der Waals surface area contributed by atoms with Crippen LogP contribution >= 0.6 is 23.1 Å². The highest BCUT2D eigenvalue weighted by atomic mass is 32.2. The van der Waals surface area contributed by atoms with Gasteiger partial charge in [0.2, 0.25) is 5.95 Å². The average Bonchev–Trinajstić information content (AvgIpc) is 3.10. The number of hydrazine groups is 1. The van der Waals surface area contributed by atoms with Gasteiger partial charge in [-0.2, -0.15) is 4.98 Å². The molecule has 1 aromatic carbocycles. The van der Waals surface area contributed by atoms with E-state index in [4.69, 9.17) is 10.7 Å². The number of hydrogen-bond acceptors (Lipinski definition) is 8. The van der Waals surface area contributed by atoms with Crippen molar-refractivity contribution in [1.82, 2.24) is 20.4 Å². The van der Waals surface area contributed by atoms with Crippen LogP contribution in [0.5, 0.6) is 0 Å². The number of para-hydroxylation sites is 1. The number of thioether (sulfide) groups is 1. The van der Waals surface area contributed by atoms with E-state index in [-0.39, 0.29) is 6.04 Å². The first-order chi connectivity index (χ1) is 11.3. The minimum absolute atomic E-state index is 0.288. The minimum Gasteiger partial charge on any atom is -0.368 e. The van der Waals surface area contributed by atoms with Crippen molar-refractivity contribution in [2.24, 2.45) is 0 Å². The first-order valence-corrected chi connectivity index (χ1v) is 9.26. The highest BCUT2D eigenvalue weighted by Crippen LogP contribution is 2.44. The van der Waals surface area contributed by atoms with E-state index in [2.05, 4.69) is 26.5 Å². The summed E-state index contributed by atoms with van der Waals surface area (Å²) in [5.74, 6) is 2.30. The van der Waals surface area contributed by atoms with Crippen LogP contribution < -0.4 is 16.2 Å². The van der Waals surface area contributed by atoms with Crippen molar-refractivity contribution in [2.75, 3.05) is 16.5 Å². The van der Waals surface area contributed by atoms with Gasteiger partial charge in [0.05, 0.1) is 22.8 Å². The number of rotatable bonds is 2. The molecule has 0 amide bonds. The van der Waals surface area contributed by atoms with Crippen molar-refractivity contribution in [1.29, 1.82) is 0 Å². The number of nitrogens with two attached hydrogens (primary N) is 1. The Morgan fingerprint density at radius 1 is 1.26 bits per heavy atom. The fourth-order valence-electron chi connectivity index (χ4n) is 3.11. The third-order valence-corrected chi connectivity index (χ3v) is 6.15. The van der Waals surface area contributed by atoms with E-state index in [1.165, 1.54) is 10.3 Å². The lowest BCUT2D eigenvalue weighted by atomic mass is 10.1. The Morgan fingerprint density at radius 2 is 2.17 bits per heavy atom. The number of hydrogen-bond donors (Lipinski definition) is 2. The highest BCUT2D eigenvalue weighted by Gasteiger charge is 2.36. The second-order valence-corrected chi connectivity index (χ2v) is 7.80. The molecule has 5 rings (SSSR count). The monoisotopic (exact) mass is 342 g/mol. The highest BCUT2D eigenvalue weighted by molar-refractivity contribution is 7.99. The number of fused-ring (bicyclic) bond motifs is 1. The minimum atomic E-state index is 0.288. The van der Waals surface area contributed by atoms with Crippen LogP contribution in [-0.2, 0) is 6.54 Å². The molecular formula is C15H14N6S2. The quantitative estimate of drug-likeness (QED) is 0.693. The maximum absolute atomic E-state index is 5.89. The molecule has 0 saturated heterocycles. The topological polar surface area (TPSA) is 80.0 Å². The van der Waals surface area contributed by atoms with Gasteiger partial charge in [0.25, 0.3) is 0 Å². The van der Waals surface area contributed by atoms with E-state index >= 15 is 0 Å². The van der Waals surface area contributed by atoms with Gasteiger partial charge in [-0.3, -0.25) is 5.01 Å². The Kier molecular flexibility index (Phi) is 2.97. The molecular weight excluding hydrogens is 328 g/mol. The molecule has 0 spiro atoms. The number of nitrogens with zero attached hydrogens (tertiary/aromatic N) is 4. The zero-order valence-electron chi connectivity index (χ0n) is 12.2. The smallest absolute Gasteiger partial charge is 0.223 e. The Morgan fingerprint density at radius 3 is 3.09 bits per heavy atom. The Balaban J connectivity index is 1.53. The van der Waals surface area contributed by atoms with Crippen LogP contribution in [0.3, 0.4) is 0 Å². The molecule has 1 atom stereocenters. The van der Waals surface area contributed by atoms with E-state index in [0.29, 0.717) is 12.5 Å². The van der Waals surface area contributed by atoms with Gasteiger partial charge in [0.15, 0.2) is 5.82 Å². The summed E-state index contributed by atoms with van der Waals surface area (Å²) in [5, 5.41) is 4.16. The van der Waals surface area contributed by atoms with Gasteiger partial charge in [0.1, 0.15) is 10.0 Å². The summed E-state index contributed by atoms with van der Waals surface area (Å²) in [4.78, 5) is 13.6. The van der Waals surface area contributed by atoms with Gasteiger partial charge in [-0.15, -0.1) is 23.1 Å². The largest absolute Gasteiger partial charge is 0.368 e. The second-order valence-electron chi connectivity index (χ2n) is 5.60. The molecule has 3 N–H and O–H groups in total. The van der Waals surface area contributed by atoms with Crippen LogP contribution in [0.4, 0.5) is 11.8 Å². The van der Waals surface area contributed by atoms with E-state index in [1.807, 2.05) is 18.2 Å². The molecule has 3 aromatic rings. The molecule has 0 bridgehead atoms. The van der Waals surface area contributed by atoms with Crippen LogP contribution in [0.1, 0.15) is 23.0 Å². The molecule has 6 nitrogen and oxygen atoms in total. The van der Waals surface area contributed by atoms with E-state index < -0.39 is 0 Å². The van der Waals surface area contributed by atoms with Crippen molar-refractivity contribution in [3.63, 3.8) is 0 Å². The van der Waals surface area contributed by atoms with Crippen molar-refractivity contribution < 1.29 is 0 Å².